The summed E-state index contributed by atoms with van der Waals surface area (Å²) in [6.45, 7) is 5.82. The molecule has 0 spiro atoms. The summed E-state index contributed by atoms with van der Waals surface area (Å²) in [7, 11) is 1.79. The third-order valence-corrected chi connectivity index (χ3v) is 4.72. The molecule has 28 heavy (non-hydrogen) atoms. The molecule has 0 radical (unpaired) electrons. The second kappa shape index (κ2) is 9.77. The van der Waals surface area contributed by atoms with E-state index in [0.29, 0.717) is 19.7 Å². The number of benzene rings is 1. The van der Waals surface area contributed by atoms with Gasteiger partial charge in [0.25, 0.3) is 0 Å². The third-order valence-electron chi connectivity index (χ3n) is 4.72. The molecule has 8 nitrogen and oxygen atoms in total. The van der Waals surface area contributed by atoms with E-state index in [1.54, 1.807) is 18.1 Å². The lowest BCUT2D eigenvalue weighted by atomic mass is 10.1. The van der Waals surface area contributed by atoms with Gasteiger partial charge in [-0.2, -0.15) is 5.10 Å². The summed E-state index contributed by atoms with van der Waals surface area (Å²) in [4.78, 5) is 20.1. The number of carbonyl (C=O) groups excluding carboxylic acids is 1. The molecule has 0 bridgehead atoms. The van der Waals surface area contributed by atoms with Crippen LogP contribution in [0, 0.1) is 0 Å². The molecule has 2 heterocycles. The van der Waals surface area contributed by atoms with E-state index in [-0.39, 0.29) is 6.09 Å². The maximum absolute atomic E-state index is 11.8. The topological polar surface area (TPSA) is 75.0 Å². The molecule has 1 amide bonds. The van der Waals surface area contributed by atoms with Crippen molar-refractivity contribution in [2.75, 3.05) is 46.4 Å². The van der Waals surface area contributed by atoms with Crippen molar-refractivity contribution in [1.29, 1.82) is 0 Å². The highest BCUT2D eigenvalue weighted by atomic mass is 16.6. The van der Waals surface area contributed by atoms with Crippen molar-refractivity contribution in [3.8, 4) is 5.69 Å². The van der Waals surface area contributed by atoms with Crippen LogP contribution in [0.2, 0.25) is 0 Å². The predicted molar refractivity (Wildman–Crippen MR) is 109 cm³/mol. The minimum absolute atomic E-state index is 0.233. The number of carbonyl (C=O) groups is 1. The maximum Gasteiger partial charge on any atom is 0.409 e. The molecule has 0 atom stereocenters. The van der Waals surface area contributed by atoms with E-state index < -0.39 is 0 Å². The number of aromatic nitrogens is 2. The highest BCUT2D eigenvalue weighted by Crippen LogP contribution is 2.09. The van der Waals surface area contributed by atoms with E-state index in [1.807, 2.05) is 23.9 Å². The fraction of sp³-hybridized carbons (Fsp3) is 0.450. The smallest absolute Gasteiger partial charge is 0.409 e. The van der Waals surface area contributed by atoms with Crippen LogP contribution in [-0.2, 0) is 11.2 Å². The monoisotopic (exact) mass is 384 g/mol. The minimum atomic E-state index is -0.233. The van der Waals surface area contributed by atoms with Crippen LogP contribution >= 0.6 is 0 Å². The Balaban J connectivity index is 1.44. The van der Waals surface area contributed by atoms with E-state index in [9.17, 15) is 4.79 Å². The first-order chi connectivity index (χ1) is 13.7. The standard InChI is InChI=1S/C20H28N6O2/c1-3-28-20(27)25-15-13-24(14-16-25)19(21-2)22-11-9-17-5-7-18(8-6-17)26-12-4-10-23-26/h4-8,10,12H,3,9,11,13-16H2,1-2H3,(H,21,22). The van der Waals surface area contributed by atoms with Gasteiger partial charge in [0.2, 0.25) is 0 Å². The molecule has 0 aliphatic carbocycles. The first-order valence-electron chi connectivity index (χ1n) is 9.67. The highest BCUT2D eigenvalue weighted by Gasteiger charge is 2.23. The van der Waals surface area contributed by atoms with Crippen molar-refractivity contribution in [3.05, 3.63) is 48.3 Å². The van der Waals surface area contributed by atoms with E-state index in [4.69, 9.17) is 4.74 Å². The number of hydrogen-bond acceptors (Lipinski definition) is 4. The minimum Gasteiger partial charge on any atom is -0.450 e. The van der Waals surface area contributed by atoms with E-state index in [0.717, 1.165) is 37.7 Å². The van der Waals surface area contributed by atoms with Crippen LogP contribution in [0.3, 0.4) is 0 Å². The number of amides is 1. The van der Waals surface area contributed by atoms with Crippen molar-refractivity contribution in [1.82, 2.24) is 24.9 Å². The van der Waals surface area contributed by atoms with Crippen molar-refractivity contribution in [2.45, 2.75) is 13.3 Å². The van der Waals surface area contributed by atoms with Crippen LogP contribution in [0.15, 0.2) is 47.7 Å². The summed E-state index contributed by atoms with van der Waals surface area (Å²) in [6.07, 6.45) is 4.38. The Morgan fingerprint density at radius 2 is 1.89 bits per heavy atom. The van der Waals surface area contributed by atoms with Gasteiger partial charge in [0.05, 0.1) is 12.3 Å². The lowest BCUT2D eigenvalue weighted by molar-refractivity contribution is 0.0915. The molecule has 0 saturated carbocycles. The van der Waals surface area contributed by atoms with Gasteiger partial charge in [-0.05, 0) is 37.1 Å². The van der Waals surface area contributed by atoms with Gasteiger partial charge in [-0.1, -0.05) is 12.1 Å². The first-order valence-corrected chi connectivity index (χ1v) is 9.67. The van der Waals surface area contributed by atoms with Crippen LogP contribution in [0.1, 0.15) is 12.5 Å². The second-order valence-electron chi connectivity index (χ2n) is 6.51. The molecule has 2 aromatic rings. The summed E-state index contributed by atoms with van der Waals surface area (Å²) in [5.74, 6) is 0.872. The van der Waals surface area contributed by atoms with Crippen molar-refractivity contribution < 1.29 is 9.53 Å². The summed E-state index contributed by atoms with van der Waals surface area (Å²) in [6, 6.07) is 10.3. The Bertz CT molecular complexity index is 765. The van der Waals surface area contributed by atoms with Crippen LogP contribution < -0.4 is 5.32 Å². The Hall–Kier alpha value is -3.03. The summed E-state index contributed by atoms with van der Waals surface area (Å²) in [5.41, 5.74) is 2.31. The number of piperazine rings is 1. The van der Waals surface area contributed by atoms with Crippen LogP contribution in [0.5, 0.6) is 0 Å². The second-order valence-corrected chi connectivity index (χ2v) is 6.51. The number of nitrogens with one attached hydrogen (secondary N) is 1. The first kappa shape index (κ1) is 19.7. The van der Waals surface area contributed by atoms with Crippen molar-refractivity contribution in [3.63, 3.8) is 0 Å². The average Bonchev–Trinajstić information content (AvgIpc) is 3.27. The normalized spacial score (nSPS) is 14.9. The Morgan fingerprint density at radius 1 is 1.18 bits per heavy atom. The third kappa shape index (κ3) is 5.03. The van der Waals surface area contributed by atoms with Gasteiger partial charge in [-0.15, -0.1) is 0 Å². The van der Waals surface area contributed by atoms with Gasteiger partial charge in [0, 0.05) is 52.2 Å². The molecule has 1 aromatic heterocycles. The zero-order valence-corrected chi connectivity index (χ0v) is 16.5. The Kier molecular flexibility index (Phi) is 6.89. The van der Waals surface area contributed by atoms with Gasteiger partial charge < -0.3 is 19.9 Å². The summed E-state index contributed by atoms with van der Waals surface area (Å²) < 4.78 is 6.91. The van der Waals surface area contributed by atoms with E-state index in [2.05, 4.69) is 44.6 Å². The molecule has 3 rings (SSSR count). The molecule has 1 fully saturated rings. The zero-order chi connectivity index (χ0) is 19.8. The number of guanidine groups is 1. The predicted octanol–water partition coefficient (Wildman–Crippen LogP) is 1.76. The van der Waals surface area contributed by atoms with Crippen LogP contribution in [-0.4, -0.2) is 78.0 Å². The molecule has 8 heteroatoms. The van der Waals surface area contributed by atoms with Crippen molar-refractivity contribution in [2.24, 2.45) is 4.99 Å². The van der Waals surface area contributed by atoms with Gasteiger partial charge in [-0.3, -0.25) is 4.99 Å². The molecule has 0 unspecified atom stereocenters. The Morgan fingerprint density at radius 3 is 2.50 bits per heavy atom. The van der Waals surface area contributed by atoms with Crippen LogP contribution in [0.25, 0.3) is 5.69 Å². The zero-order valence-electron chi connectivity index (χ0n) is 16.5. The fourth-order valence-corrected chi connectivity index (χ4v) is 3.20. The molecule has 1 aliphatic heterocycles. The molecular weight excluding hydrogens is 356 g/mol. The molecule has 1 aliphatic rings. The summed E-state index contributed by atoms with van der Waals surface area (Å²) >= 11 is 0. The number of hydrogen-bond donors (Lipinski definition) is 1. The lowest BCUT2D eigenvalue weighted by Crippen LogP contribution is -2.54. The Labute approximate surface area is 165 Å². The number of nitrogens with zero attached hydrogens (tertiary/aromatic N) is 5. The molecule has 1 saturated heterocycles. The SMILES string of the molecule is CCOC(=O)N1CCN(C(=NC)NCCc2ccc(-n3cccn3)cc2)CC1. The van der Waals surface area contributed by atoms with Gasteiger partial charge in [-0.25, -0.2) is 9.48 Å². The lowest BCUT2D eigenvalue weighted by Gasteiger charge is -2.35. The van der Waals surface area contributed by atoms with Gasteiger partial charge in [0.1, 0.15) is 0 Å². The van der Waals surface area contributed by atoms with E-state index in [1.165, 1.54) is 5.56 Å². The average molecular weight is 384 g/mol. The summed E-state index contributed by atoms with van der Waals surface area (Å²) in [5, 5.41) is 7.66. The fourth-order valence-electron chi connectivity index (χ4n) is 3.20. The maximum atomic E-state index is 11.8. The number of rotatable bonds is 5. The number of ether oxygens (including phenoxy) is 1. The van der Waals surface area contributed by atoms with Crippen molar-refractivity contribution >= 4 is 12.1 Å². The largest absolute Gasteiger partial charge is 0.450 e. The highest BCUT2D eigenvalue weighted by molar-refractivity contribution is 5.80. The van der Waals surface area contributed by atoms with Gasteiger partial charge >= 0.3 is 6.09 Å². The van der Waals surface area contributed by atoms with Crippen LogP contribution in [0.4, 0.5) is 4.79 Å². The quantitative estimate of drug-likeness (QED) is 0.628. The molecule has 1 N–H and O–H groups in total. The molecular formula is C20H28N6O2. The van der Waals surface area contributed by atoms with Gasteiger partial charge in [0.15, 0.2) is 5.96 Å². The number of aliphatic imine (C=N–C) groups is 1. The van der Waals surface area contributed by atoms with E-state index >= 15 is 0 Å². The molecule has 1 aromatic carbocycles. The molecule has 150 valence electrons.